The molecule has 0 spiro atoms. The number of para-hydroxylation sites is 1. The molecule has 1 saturated heterocycles. The van der Waals surface area contributed by atoms with Gasteiger partial charge in [0.1, 0.15) is 5.82 Å². The van der Waals surface area contributed by atoms with Gasteiger partial charge in [-0.3, -0.25) is 4.90 Å². The van der Waals surface area contributed by atoms with Crippen LogP contribution in [-0.2, 0) is 5.88 Å². The van der Waals surface area contributed by atoms with Crippen LogP contribution >= 0.6 is 11.6 Å². The molecule has 0 radical (unpaired) electrons. The monoisotopic (exact) mass is 303 g/mol. The molecule has 2 aromatic rings. The Morgan fingerprint density at radius 2 is 1.86 bits per heavy atom. The van der Waals surface area contributed by atoms with Gasteiger partial charge in [-0.05, 0) is 38.6 Å². The number of halogens is 1. The molecule has 0 aliphatic carbocycles. The average Bonchev–Trinajstić information content (AvgIpc) is 2.51. The lowest BCUT2D eigenvalue weighted by Crippen LogP contribution is -2.55. The van der Waals surface area contributed by atoms with Crippen molar-refractivity contribution in [2.75, 3.05) is 25.0 Å². The van der Waals surface area contributed by atoms with Gasteiger partial charge in [-0.1, -0.05) is 18.2 Å². The minimum absolute atomic E-state index is 0.523. The number of hydrogen-bond acceptors (Lipinski definition) is 3. The third kappa shape index (κ3) is 2.72. The fourth-order valence-electron chi connectivity index (χ4n) is 3.10. The third-order valence-electron chi connectivity index (χ3n) is 4.62. The first-order chi connectivity index (χ1) is 10.1. The molecule has 1 aliphatic rings. The SMILES string of the molecule is CC1CN(c2cc(CCl)c3ccccc3n2)CC(C)N1C. The summed E-state index contributed by atoms with van der Waals surface area (Å²) in [7, 11) is 2.20. The van der Waals surface area contributed by atoms with Crippen LogP contribution in [0.1, 0.15) is 19.4 Å². The van der Waals surface area contributed by atoms with Gasteiger partial charge in [0, 0.05) is 36.4 Å². The van der Waals surface area contributed by atoms with Gasteiger partial charge in [0.05, 0.1) is 5.52 Å². The summed E-state index contributed by atoms with van der Waals surface area (Å²) in [6, 6.07) is 11.5. The summed E-state index contributed by atoms with van der Waals surface area (Å²) in [6.45, 7) is 6.56. The maximum Gasteiger partial charge on any atom is 0.129 e. The Kier molecular flexibility index (Phi) is 4.05. The normalized spacial score (nSPS) is 23.7. The van der Waals surface area contributed by atoms with E-state index in [-0.39, 0.29) is 0 Å². The van der Waals surface area contributed by atoms with Gasteiger partial charge in [0.15, 0.2) is 0 Å². The molecule has 4 heteroatoms. The first-order valence-electron chi connectivity index (χ1n) is 7.51. The lowest BCUT2D eigenvalue weighted by Gasteiger charge is -2.43. The van der Waals surface area contributed by atoms with E-state index in [4.69, 9.17) is 16.6 Å². The maximum absolute atomic E-state index is 6.14. The standard InChI is InChI=1S/C17H22ClN3/c1-12-10-21(11-13(2)20(12)3)17-8-14(9-18)15-6-4-5-7-16(15)19-17/h4-8,12-13H,9-11H2,1-3H3. The van der Waals surface area contributed by atoms with Crippen LogP contribution in [-0.4, -0.2) is 42.1 Å². The van der Waals surface area contributed by atoms with E-state index < -0.39 is 0 Å². The quantitative estimate of drug-likeness (QED) is 0.792. The zero-order chi connectivity index (χ0) is 15.0. The molecule has 2 heterocycles. The van der Waals surface area contributed by atoms with Crippen LogP contribution in [0.15, 0.2) is 30.3 Å². The maximum atomic E-state index is 6.14. The number of piperazine rings is 1. The predicted molar refractivity (Wildman–Crippen MR) is 90.2 cm³/mol. The second kappa shape index (κ2) is 5.82. The molecular formula is C17H22ClN3. The minimum Gasteiger partial charge on any atom is -0.353 e. The highest BCUT2D eigenvalue weighted by Crippen LogP contribution is 2.26. The number of pyridine rings is 1. The van der Waals surface area contributed by atoms with Gasteiger partial charge in [0.2, 0.25) is 0 Å². The van der Waals surface area contributed by atoms with Gasteiger partial charge >= 0.3 is 0 Å². The smallest absolute Gasteiger partial charge is 0.129 e. The van der Waals surface area contributed by atoms with E-state index in [0.717, 1.165) is 35.4 Å². The average molecular weight is 304 g/mol. The van der Waals surface area contributed by atoms with E-state index in [1.807, 2.05) is 12.1 Å². The summed E-state index contributed by atoms with van der Waals surface area (Å²) in [5.74, 6) is 1.57. The molecule has 0 N–H and O–H groups in total. The fraction of sp³-hybridized carbons (Fsp3) is 0.471. The van der Waals surface area contributed by atoms with Crippen molar-refractivity contribution in [1.82, 2.24) is 9.88 Å². The number of likely N-dealkylation sites (N-methyl/N-ethyl adjacent to an activating group) is 1. The van der Waals surface area contributed by atoms with E-state index in [1.54, 1.807) is 0 Å². The van der Waals surface area contributed by atoms with Gasteiger partial charge in [-0.2, -0.15) is 0 Å². The van der Waals surface area contributed by atoms with E-state index in [2.05, 4.69) is 48.9 Å². The van der Waals surface area contributed by atoms with E-state index >= 15 is 0 Å². The zero-order valence-corrected chi connectivity index (χ0v) is 13.6. The van der Waals surface area contributed by atoms with Crippen molar-refractivity contribution >= 4 is 28.3 Å². The summed E-state index contributed by atoms with van der Waals surface area (Å²) >= 11 is 6.14. The van der Waals surface area contributed by atoms with Crippen LogP contribution in [0, 0.1) is 0 Å². The Morgan fingerprint density at radius 3 is 2.52 bits per heavy atom. The first kappa shape index (κ1) is 14.6. The molecule has 1 aromatic carbocycles. The summed E-state index contributed by atoms with van der Waals surface area (Å²) in [6.07, 6.45) is 0. The van der Waals surface area contributed by atoms with Gasteiger partial charge in [0.25, 0.3) is 0 Å². The third-order valence-corrected chi connectivity index (χ3v) is 4.90. The molecule has 1 aromatic heterocycles. The lowest BCUT2D eigenvalue weighted by molar-refractivity contribution is 0.169. The van der Waals surface area contributed by atoms with E-state index in [1.165, 1.54) is 0 Å². The van der Waals surface area contributed by atoms with Gasteiger partial charge in [-0.25, -0.2) is 4.98 Å². The molecule has 2 atom stereocenters. The Balaban J connectivity index is 2.01. The van der Waals surface area contributed by atoms with Gasteiger partial charge in [-0.15, -0.1) is 11.6 Å². The lowest BCUT2D eigenvalue weighted by atomic mass is 10.1. The summed E-state index contributed by atoms with van der Waals surface area (Å²) in [5.41, 5.74) is 2.20. The predicted octanol–water partition coefficient (Wildman–Crippen LogP) is 3.50. The number of fused-ring (bicyclic) bond motifs is 1. The summed E-state index contributed by atoms with van der Waals surface area (Å²) in [5, 5.41) is 1.16. The highest BCUT2D eigenvalue weighted by atomic mass is 35.5. The minimum atomic E-state index is 0.523. The second-order valence-corrected chi connectivity index (χ2v) is 6.33. The number of hydrogen-bond donors (Lipinski definition) is 0. The highest BCUT2D eigenvalue weighted by molar-refractivity contribution is 6.18. The van der Waals surface area contributed by atoms with Crippen molar-refractivity contribution < 1.29 is 0 Å². The highest BCUT2D eigenvalue weighted by Gasteiger charge is 2.27. The van der Waals surface area contributed by atoms with Crippen molar-refractivity contribution in [3.05, 3.63) is 35.9 Å². The molecule has 3 rings (SSSR count). The Morgan fingerprint density at radius 1 is 1.19 bits per heavy atom. The van der Waals surface area contributed by atoms with Crippen molar-refractivity contribution in [3.8, 4) is 0 Å². The molecule has 112 valence electrons. The molecule has 2 unspecified atom stereocenters. The van der Waals surface area contributed by atoms with Crippen LogP contribution in [0.5, 0.6) is 0 Å². The van der Waals surface area contributed by atoms with Crippen LogP contribution in [0.3, 0.4) is 0 Å². The van der Waals surface area contributed by atoms with Crippen molar-refractivity contribution in [2.24, 2.45) is 0 Å². The number of anilines is 1. The number of alkyl halides is 1. The number of aromatic nitrogens is 1. The van der Waals surface area contributed by atoms with Crippen LogP contribution in [0.2, 0.25) is 0 Å². The van der Waals surface area contributed by atoms with Crippen molar-refractivity contribution in [1.29, 1.82) is 0 Å². The molecule has 0 saturated carbocycles. The number of rotatable bonds is 2. The largest absolute Gasteiger partial charge is 0.353 e. The Bertz CT molecular complexity index is 631. The molecule has 1 aliphatic heterocycles. The molecule has 21 heavy (non-hydrogen) atoms. The van der Waals surface area contributed by atoms with Crippen LogP contribution < -0.4 is 4.90 Å². The van der Waals surface area contributed by atoms with Crippen molar-refractivity contribution in [3.63, 3.8) is 0 Å². The number of nitrogens with zero attached hydrogens (tertiary/aromatic N) is 3. The van der Waals surface area contributed by atoms with E-state index in [9.17, 15) is 0 Å². The molecule has 3 nitrogen and oxygen atoms in total. The second-order valence-electron chi connectivity index (χ2n) is 6.06. The fourth-order valence-corrected chi connectivity index (χ4v) is 3.32. The Labute approximate surface area is 131 Å². The van der Waals surface area contributed by atoms with Gasteiger partial charge < -0.3 is 4.90 Å². The van der Waals surface area contributed by atoms with Crippen molar-refractivity contribution in [2.45, 2.75) is 31.8 Å². The molecular weight excluding hydrogens is 282 g/mol. The Hall–Kier alpha value is -1.32. The first-order valence-corrected chi connectivity index (χ1v) is 8.05. The summed E-state index contributed by atoms with van der Waals surface area (Å²) < 4.78 is 0. The summed E-state index contributed by atoms with van der Waals surface area (Å²) in [4.78, 5) is 9.67. The van der Waals surface area contributed by atoms with Crippen LogP contribution in [0.4, 0.5) is 5.82 Å². The van der Waals surface area contributed by atoms with E-state index in [0.29, 0.717) is 18.0 Å². The number of benzene rings is 1. The molecule has 0 bridgehead atoms. The zero-order valence-electron chi connectivity index (χ0n) is 12.9. The molecule has 1 fully saturated rings. The molecule has 0 amide bonds. The van der Waals surface area contributed by atoms with Crippen LogP contribution in [0.25, 0.3) is 10.9 Å². The topological polar surface area (TPSA) is 19.4 Å².